The number of nitrogens with zero attached hydrogens (tertiary/aromatic N) is 2. The Bertz CT molecular complexity index is 2550. The van der Waals surface area contributed by atoms with Crippen LogP contribution < -0.4 is 4.90 Å². The average Bonchev–Trinajstić information content (AvgIpc) is 3.53. The molecule has 0 radical (unpaired) electrons. The number of aliphatic carboxylic acids is 1. The molecule has 5 rings (SSSR count). The minimum absolute atomic E-state index is 0.0316. The summed E-state index contributed by atoms with van der Waals surface area (Å²) >= 11 is 4.66. The number of fused-ring (bicyclic) bond motifs is 2. The Morgan fingerprint density at radius 1 is 0.738 bits per heavy atom. The number of rotatable bonds is 22. The van der Waals surface area contributed by atoms with Crippen molar-refractivity contribution < 1.29 is 53.4 Å². The van der Waals surface area contributed by atoms with Crippen LogP contribution in [-0.2, 0) is 52.5 Å². The maximum Gasteiger partial charge on any atom is 0.303 e. The molecule has 0 bridgehead atoms. The van der Waals surface area contributed by atoms with Crippen LogP contribution in [-0.4, -0.2) is 78.3 Å². The lowest BCUT2D eigenvalue weighted by Gasteiger charge is -2.30. The molecular formula is C44H55N2O11S4+. The van der Waals surface area contributed by atoms with Crippen LogP contribution in [0.2, 0.25) is 0 Å². The molecule has 3 aromatic carbocycles. The summed E-state index contributed by atoms with van der Waals surface area (Å²) in [4.78, 5) is 13.7. The van der Waals surface area contributed by atoms with Crippen LogP contribution in [0.4, 0.5) is 11.4 Å². The van der Waals surface area contributed by atoms with E-state index in [1.165, 1.54) is 12.1 Å². The van der Waals surface area contributed by atoms with Gasteiger partial charge < -0.3 is 10.0 Å². The normalized spacial score (nSPS) is 20.0. The summed E-state index contributed by atoms with van der Waals surface area (Å²) in [6.45, 7) is 5.10. The van der Waals surface area contributed by atoms with Crippen LogP contribution >= 0.6 is 12.6 Å². The van der Waals surface area contributed by atoms with Crippen molar-refractivity contribution in [2.24, 2.45) is 0 Å². The number of anilines is 1. The predicted molar refractivity (Wildman–Crippen MR) is 240 cm³/mol. The summed E-state index contributed by atoms with van der Waals surface area (Å²) in [6.07, 6.45) is 13.7. The third-order valence-corrected chi connectivity index (χ3v) is 14.3. The number of hydrogen-bond donors (Lipinski definition) is 5. The van der Waals surface area contributed by atoms with E-state index in [-0.39, 0.29) is 29.9 Å². The van der Waals surface area contributed by atoms with E-state index in [4.69, 9.17) is 0 Å². The molecule has 330 valence electrons. The zero-order chi connectivity index (χ0) is 44.6. The van der Waals surface area contributed by atoms with Gasteiger partial charge in [0.1, 0.15) is 0 Å². The van der Waals surface area contributed by atoms with Crippen LogP contribution in [0, 0.1) is 0 Å². The van der Waals surface area contributed by atoms with Crippen LogP contribution in [0.15, 0.2) is 113 Å². The van der Waals surface area contributed by atoms with E-state index in [1.54, 1.807) is 6.07 Å². The summed E-state index contributed by atoms with van der Waals surface area (Å²) in [7, 11) is -12.9. The molecular weight excluding hydrogens is 861 g/mol. The van der Waals surface area contributed by atoms with Crippen molar-refractivity contribution in [1.82, 2.24) is 0 Å². The first-order valence-corrected chi connectivity index (χ1v) is 25.3. The zero-order valence-corrected chi connectivity index (χ0v) is 37.7. The first-order chi connectivity index (χ1) is 28.6. The number of carbonyl (C=O) groups is 1. The lowest BCUT2D eigenvalue weighted by molar-refractivity contribution is -0.455. The Labute approximate surface area is 365 Å². The van der Waals surface area contributed by atoms with E-state index >= 15 is 0 Å². The quantitative estimate of drug-likeness (QED) is 0.0212. The van der Waals surface area contributed by atoms with Crippen molar-refractivity contribution >= 4 is 66.0 Å². The number of unbranched alkanes of at least 4 members (excludes halogenated alkanes) is 4. The number of carboxylic acids is 1. The lowest BCUT2D eigenvalue weighted by Crippen LogP contribution is -2.31. The molecule has 0 saturated heterocycles. The van der Waals surface area contributed by atoms with Crippen molar-refractivity contribution in [2.45, 2.75) is 105 Å². The van der Waals surface area contributed by atoms with E-state index in [1.807, 2.05) is 73.7 Å². The standard InChI is InChI=1S/C44H54N2O11S4/c1-43(25-11-14-28-59(49,50)51)36-30-34(58)21-23-39(36)46(32-33-16-6-3-7-17-33)41(43)19-9-4-8-18-40-44(2,26-12-15-29-60(52,53)54)37-31-35(61(55,56)57)22-24-38(37)45(40)27-13-5-10-20-42(47)48/h3-4,6-9,16-19,21-24,30-31H,5,10-15,20,25-29,32H2,1-2H3,(H4-,47,48,49,50,51,52,53,54,55,56,57,58)/p+1. The van der Waals surface area contributed by atoms with Gasteiger partial charge in [-0.15, -0.1) is 12.6 Å². The van der Waals surface area contributed by atoms with Crippen LogP contribution in [0.1, 0.15) is 94.7 Å². The van der Waals surface area contributed by atoms with Gasteiger partial charge in [-0.25, -0.2) is 0 Å². The molecule has 2 atom stereocenters. The fourth-order valence-electron chi connectivity index (χ4n) is 8.54. The second-order valence-electron chi connectivity index (χ2n) is 16.1. The smallest absolute Gasteiger partial charge is 0.303 e. The molecule has 61 heavy (non-hydrogen) atoms. The summed E-state index contributed by atoms with van der Waals surface area (Å²) in [6, 6.07) is 20.5. The van der Waals surface area contributed by atoms with Gasteiger partial charge in [-0.2, -0.15) is 29.8 Å². The highest BCUT2D eigenvalue weighted by molar-refractivity contribution is 7.86. The van der Waals surface area contributed by atoms with E-state index in [0.29, 0.717) is 69.3 Å². The maximum atomic E-state index is 12.3. The topological polar surface area (TPSA) is 207 Å². The Balaban J connectivity index is 1.56. The van der Waals surface area contributed by atoms with Crippen molar-refractivity contribution in [2.75, 3.05) is 23.0 Å². The van der Waals surface area contributed by atoms with Crippen molar-refractivity contribution in [3.05, 3.63) is 119 Å². The van der Waals surface area contributed by atoms with Gasteiger partial charge in [0, 0.05) is 57.9 Å². The minimum Gasteiger partial charge on any atom is -0.481 e. The SMILES string of the molecule is CC1(CCCCS(=O)(=O)O)C(/C=C/C=C/C=C2/N(CCCCCC(=O)O)c3ccc(S(=O)(=O)O)cc3C2(C)CCCCS(=O)(=O)O)=[N+](Cc2ccccc2)c2ccc(S)cc21. The van der Waals surface area contributed by atoms with Crippen molar-refractivity contribution in [3.63, 3.8) is 0 Å². The highest BCUT2D eigenvalue weighted by Crippen LogP contribution is 2.51. The van der Waals surface area contributed by atoms with E-state index in [2.05, 4.69) is 41.2 Å². The van der Waals surface area contributed by atoms with Gasteiger partial charge in [-0.1, -0.05) is 67.8 Å². The molecule has 13 nitrogen and oxygen atoms in total. The maximum absolute atomic E-state index is 12.3. The first-order valence-electron chi connectivity index (χ1n) is 20.2. The van der Waals surface area contributed by atoms with Crippen molar-refractivity contribution in [1.29, 1.82) is 0 Å². The second kappa shape index (κ2) is 19.9. The number of carboxylic acid groups (broad SMARTS) is 1. The predicted octanol–water partition coefficient (Wildman–Crippen LogP) is 8.31. The molecule has 0 saturated carbocycles. The minimum atomic E-state index is -4.57. The molecule has 2 aliphatic rings. The van der Waals surface area contributed by atoms with Gasteiger partial charge in [-0.05, 0) is 94.3 Å². The zero-order valence-electron chi connectivity index (χ0n) is 34.4. The monoisotopic (exact) mass is 915 g/mol. The van der Waals surface area contributed by atoms with Crippen LogP contribution in [0.25, 0.3) is 0 Å². The van der Waals surface area contributed by atoms with E-state index < -0.39 is 52.9 Å². The van der Waals surface area contributed by atoms with Gasteiger partial charge in [0.2, 0.25) is 5.69 Å². The Morgan fingerprint density at radius 3 is 2.02 bits per heavy atom. The summed E-state index contributed by atoms with van der Waals surface area (Å²) in [5.74, 6) is -1.65. The highest BCUT2D eigenvalue weighted by Gasteiger charge is 2.47. The Hall–Kier alpha value is -4.10. The molecule has 3 aromatic rings. The lowest BCUT2D eigenvalue weighted by atomic mass is 9.75. The Kier molecular flexibility index (Phi) is 15.7. The molecule has 0 aliphatic carbocycles. The molecule has 17 heteroatoms. The van der Waals surface area contributed by atoms with Gasteiger partial charge in [0.05, 0.1) is 21.8 Å². The average molecular weight is 916 g/mol. The molecule has 2 unspecified atom stereocenters. The van der Waals surface area contributed by atoms with Gasteiger partial charge in [-0.3, -0.25) is 18.5 Å². The summed E-state index contributed by atoms with van der Waals surface area (Å²) in [5, 5.41) is 9.17. The molecule has 0 spiro atoms. The highest BCUT2D eigenvalue weighted by atomic mass is 32.2. The number of hydrogen-bond acceptors (Lipinski definition) is 9. The fourth-order valence-corrected chi connectivity index (χ4v) is 10.4. The first kappa shape index (κ1) is 47.9. The van der Waals surface area contributed by atoms with E-state index in [0.717, 1.165) is 33.1 Å². The summed E-state index contributed by atoms with van der Waals surface area (Å²) < 4.78 is 102. The molecule has 2 heterocycles. The Morgan fingerprint density at radius 2 is 1.39 bits per heavy atom. The van der Waals surface area contributed by atoms with Gasteiger partial charge in [0.15, 0.2) is 12.3 Å². The largest absolute Gasteiger partial charge is 0.481 e. The van der Waals surface area contributed by atoms with Gasteiger partial charge >= 0.3 is 5.97 Å². The summed E-state index contributed by atoms with van der Waals surface area (Å²) in [5.41, 5.74) is 4.83. The molecule has 2 aliphatic heterocycles. The van der Waals surface area contributed by atoms with E-state index in [9.17, 15) is 48.8 Å². The number of allylic oxidation sites excluding steroid dienone is 6. The second-order valence-corrected chi connectivity index (χ2v) is 21.2. The number of thiol groups is 1. The van der Waals surface area contributed by atoms with Crippen LogP contribution in [0.3, 0.4) is 0 Å². The molecule has 0 aromatic heterocycles. The third kappa shape index (κ3) is 12.5. The van der Waals surface area contributed by atoms with Gasteiger partial charge in [0.25, 0.3) is 30.4 Å². The van der Waals surface area contributed by atoms with Crippen LogP contribution in [0.5, 0.6) is 0 Å². The molecule has 0 fully saturated rings. The molecule has 4 N–H and O–H groups in total. The third-order valence-electron chi connectivity index (χ3n) is 11.6. The number of benzene rings is 3. The fraction of sp³-hybridized carbons (Fsp3) is 0.409. The molecule has 0 amide bonds. The van der Waals surface area contributed by atoms with Crippen molar-refractivity contribution in [3.8, 4) is 0 Å².